The Balaban J connectivity index is 1.81. The van der Waals surface area contributed by atoms with Gasteiger partial charge in [0.1, 0.15) is 0 Å². The summed E-state index contributed by atoms with van der Waals surface area (Å²) in [7, 11) is 2.23. The number of nitrogens with zero attached hydrogens (tertiary/aromatic N) is 1. The zero-order valence-corrected chi connectivity index (χ0v) is 13.6. The molecule has 3 heteroatoms. The van der Waals surface area contributed by atoms with E-state index >= 15 is 0 Å². The van der Waals surface area contributed by atoms with Gasteiger partial charge in [0, 0.05) is 18.5 Å². The molecule has 1 fully saturated rings. The van der Waals surface area contributed by atoms with Gasteiger partial charge in [0.15, 0.2) is 0 Å². The van der Waals surface area contributed by atoms with Crippen molar-refractivity contribution >= 4 is 15.9 Å². The van der Waals surface area contributed by atoms with Crippen LogP contribution in [0.15, 0.2) is 0 Å². The third-order valence-corrected chi connectivity index (χ3v) is 4.27. The molecule has 0 amide bonds. The van der Waals surface area contributed by atoms with Crippen molar-refractivity contribution in [1.29, 1.82) is 0 Å². The van der Waals surface area contributed by atoms with E-state index < -0.39 is 0 Å². The number of alkyl halides is 1. The van der Waals surface area contributed by atoms with E-state index in [0.29, 0.717) is 6.10 Å². The van der Waals surface area contributed by atoms with Gasteiger partial charge >= 0.3 is 0 Å². The van der Waals surface area contributed by atoms with E-state index in [1.165, 1.54) is 69.7 Å². The SMILES string of the molecule is CN(CCCCCCCCCBr)CC1CCCO1. The number of likely N-dealkylation sites (N-methyl/N-ethyl adjacent to an activating group) is 1. The lowest BCUT2D eigenvalue weighted by molar-refractivity contribution is 0.0807. The lowest BCUT2D eigenvalue weighted by Gasteiger charge is -2.20. The average Bonchev–Trinajstić information content (AvgIpc) is 2.85. The van der Waals surface area contributed by atoms with Crippen LogP contribution in [0.25, 0.3) is 0 Å². The molecule has 1 aliphatic rings. The first-order valence-corrected chi connectivity index (χ1v) is 8.81. The fraction of sp³-hybridized carbons (Fsp3) is 1.00. The second kappa shape index (κ2) is 11.2. The van der Waals surface area contributed by atoms with Crippen molar-refractivity contribution < 1.29 is 4.74 Å². The number of halogens is 1. The van der Waals surface area contributed by atoms with Gasteiger partial charge in [-0.3, -0.25) is 0 Å². The van der Waals surface area contributed by atoms with Gasteiger partial charge in [-0.2, -0.15) is 0 Å². The first kappa shape index (κ1) is 16.5. The fourth-order valence-corrected chi connectivity index (χ4v) is 2.98. The molecular formula is C15H30BrNO. The summed E-state index contributed by atoms with van der Waals surface area (Å²) in [6.07, 6.45) is 12.8. The minimum absolute atomic E-state index is 0.513. The zero-order chi connectivity index (χ0) is 13.1. The molecule has 2 nitrogen and oxygen atoms in total. The first-order valence-electron chi connectivity index (χ1n) is 7.69. The van der Waals surface area contributed by atoms with Crippen LogP contribution in [0.5, 0.6) is 0 Å². The Labute approximate surface area is 122 Å². The highest BCUT2D eigenvalue weighted by atomic mass is 79.9. The summed E-state index contributed by atoms with van der Waals surface area (Å²) in [5, 5.41) is 1.17. The van der Waals surface area contributed by atoms with Crippen molar-refractivity contribution in [1.82, 2.24) is 4.90 Å². The van der Waals surface area contributed by atoms with Crippen LogP contribution in [-0.2, 0) is 4.74 Å². The Hall–Kier alpha value is 0.400. The van der Waals surface area contributed by atoms with Crippen LogP contribution in [0.1, 0.15) is 57.8 Å². The summed E-state index contributed by atoms with van der Waals surface area (Å²) in [4.78, 5) is 2.45. The molecule has 0 aromatic heterocycles. The molecule has 1 saturated heterocycles. The predicted molar refractivity (Wildman–Crippen MR) is 82.6 cm³/mol. The molecule has 18 heavy (non-hydrogen) atoms. The normalized spacial score (nSPS) is 19.8. The van der Waals surface area contributed by atoms with E-state index in [4.69, 9.17) is 4.74 Å². The molecule has 1 heterocycles. The third kappa shape index (κ3) is 8.49. The van der Waals surface area contributed by atoms with Gasteiger partial charge < -0.3 is 9.64 Å². The Kier molecular flexibility index (Phi) is 10.3. The van der Waals surface area contributed by atoms with Crippen molar-refractivity contribution in [3.63, 3.8) is 0 Å². The molecule has 0 bridgehead atoms. The summed E-state index contributed by atoms with van der Waals surface area (Å²) in [6, 6.07) is 0. The molecule has 0 spiro atoms. The van der Waals surface area contributed by atoms with Crippen molar-refractivity contribution in [2.45, 2.75) is 63.9 Å². The maximum atomic E-state index is 5.66. The maximum absolute atomic E-state index is 5.66. The van der Waals surface area contributed by atoms with Crippen molar-refractivity contribution in [3.8, 4) is 0 Å². The lowest BCUT2D eigenvalue weighted by atomic mass is 10.1. The number of rotatable bonds is 11. The second-order valence-electron chi connectivity index (χ2n) is 5.56. The molecule has 0 aliphatic carbocycles. The maximum Gasteiger partial charge on any atom is 0.0702 e. The van der Waals surface area contributed by atoms with Gasteiger partial charge in [0.05, 0.1) is 6.10 Å². The van der Waals surface area contributed by atoms with E-state index in [0.717, 1.165) is 13.2 Å². The van der Waals surface area contributed by atoms with Gasteiger partial charge in [-0.1, -0.05) is 48.0 Å². The van der Waals surface area contributed by atoms with Crippen molar-refractivity contribution in [2.75, 3.05) is 32.1 Å². The van der Waals surface area contributed by atoms with Crippen LogP contribution in [0.3, 0.4) is 0 Å². The van der Waals surface area contributed by atoms with Crippen LogP contribution in [0.2, 0.25) is 0 Å². The summed E-state index contributed by atoms with van der Waals surface area (Å²) < 4.78 is 5.66. The molecule has 0 aromatic carbocycles. The Morgan fingerprint density at radius 3 is 2.33 bits per heavy atom. The standard InChI is InChI=1S/C15H30BrNO/c1-17(14-15-10-9-13-18-15)12-8-6-4-2-3-5-7-11-16/h15H,2-14H2,1H3. The van der Waals surface area contributed by atoms with Gasteiger partial charge in [-0.25, -0.2) is 0 Å². The summed E-state index contributed by atoms with van der Waals surface area (Å²) in [6.45, 7) is 3.35. The predicted octanol–water partition coefficient (Wildman–Crippen LogP) is 4.22. The number of hydrogen-bond donors (Lipinski definition) is 0. The van der Waals surface area contributed by atoms with Crippen LogP contribution < -0.4 is 0 Å². The first-order chi connectivity index (χ1) is 8.83. The van der Waals surface area contributed by atoms with Crippen LogP contribution in [-0.4, -0.2) is 43.1 Å². The quantitative estimate of drug-likeness (QED) is 0.417. The third-order valence-electron chi connectivity index (χ3n) is 3.71. The van der Waals surface area contributed by atoms with Crippen molar-refractivity contribution in [3.05, 3.63) is 0 Å². The highest BCUT2D eigenvalue weighted by Gasteiger charge is 2.16. The molecule has 1 atom stereocenters. The Morgan fingerprint density at radius 2 is 1.72 bits per heavy atom. The van der Waals surface area contributed by atoms with E-state index in [1.807, 2.05) is 0 Å². The van der Waals surface area contributed by atoms with E-state index in [-0.39, 0.29) is 0 Å². The highest BCUT2D eigenvalue weighted by molar-refractivity contribution is 9.09. The minimum atomic E-state index is 0.513. The molecule has 1 rings (SSSR count). The fourth-order valence-electron chi connectivity index (χ4n) is 2.59. The van der Waals surface area contributed by atoms with Crippen molar-refractivity contribution in [2.24, 2.45) is 0 Å². The molecule has 108 valence electrons. The molecular weight excluding hydrogens is 290 g/mol. The highest BCUT2D eigenvalue weighted by Crippen LogP contribution is 2.13. The molecule has 1 unspecified atom stereocenters. The number of ether oxygens (including phenoxy) is 1. The lowest BCUT2D eigenvalue weighted by Crippen LogP contribution is -2.29. The largest absolute Gasteiger partial charge is 0.377 e. The average molecular weight is 320 g/mol. The van der Waals surface area contributed by atoms with E-state index in [1.54, 1.807) is 0 Å². The molecule has 0 radical (unpaired) electrons. The summed E-state index contributed by atoms with van der Waals surface area (Å²) in [5.41, 5.74) is 0. The smallest absolute Gasteiger partial charge is 0.0702 e. The number of unbranched alkanes of at least 4 members (excludes halogenated alkanes) is 6. The van der Waals surface area contributed by atoms with Gasteiger partial charge in [-0.15, -0.1) is 0 Å². The van der Waals surface area contributed by atoms with Gasteiger partial charge in [0.2, 0.25) is 0 Å². The van der Waals surface area contributed by atoms with Crippen LogP contribution >= 0.6 is 15.9 Å². The molecule has 0 N–H and O–H groups in total. The summed E-state index contributed by atoms with van der Waals surface area (Å²) >= 11 is 3.48. The van der Waals surface area contributed by atoms with Gasteiger partial charge in [0.25, 0.3) is 0 Å². The molecule has 1 aliphatic heterocycles. The van der Waals surface area contributed by atoms with E-state index in [2.05, 4.69) is 27.9 Å². The monoisotopic (exact) mass is 319 g/mol. The second-order valence-corrected chi connectivity index (χ2v) is 6.35. The minimum Gasteiger partial charge on any atom is -0.377 e. The Morgan fingerprint density at radius 1 is 1.06 bits per heavy atom. The van der Waals surface area contributed by atoms with Crippen LogP contribution in [0.4, 0.5) is 0 Å². The molecule has 0 aromatic rings. The van der Waals surface area contributed by atoms with Crippen LogP contribution in [0, 0.1) is 0 Å². The summed E-state index contributed by atoms with van der Waals surface area (Å²) in [5.74, 6) is 0. The Bertz CT molecular complexity index is 183. The van der Waals surface area contributed by atoms with E-state index in [9.17, 15) is 0 Å². The molecule has 0 saturated carbocycles. The topological polar surface area (TPSA) is 12.5 Å². The van der Waals surface area contributed by atoms with Gasteiger partial charge in [-0.05, 0) is 39.3 Å². The number of hydrogen-bond acceptors (Lipinski definition) is 2. The zero-order valence-electron chi connectivity index (χ0n) is 12.0.